The van der Waals surface area contributed by atoms with Gasteiger partial charge in [-0.05, 0) is 19.1 Å². The number of carbonyl (C=O) groups excluding carboxylic acids is 1. The number of methoxy groups -OCH3 is 1. The minimum atomic E-state index is -0.312. The van der Waals surface area contributed by atoms with Gasteiger partial charge in [0.15, 0.2) is 0 Å². The predicted octanol–water partition coefficient (Wildman–Crippen LogP) is 2.95. The van der Waals surface area contributed by atoms with Gasteiger partial charge >= 0.3 is 5.97 Å². The number of hydrogen-bond acceptors (Lipinski definition) is 4. The maximum Gasteiger partial charge on any atom is 0.333 e. The van der Waals surface area contributed by atoms with Crippen molar-refractivity contribution in [2.75, 3.05) is 12.9 Å². The Morgan fingerprint density at radius 3 is 3.06 bits per heavy atom. The van der Waals surface area contributed by atoms with Crippen molar-refractivity contribution in [3.63, 3.8) is 0 Å². The number of ether oxygens (including phenoxy) is 1. The highest BCUT2D eigenvalue weighted by Crippen LogP contribution is 2.24. The molecule has 0 saturated carbocycles. The predicted molar refractivity (Wildman–Crippen MR) is 65.7 cm³/mol. The summed E-state index contributed by atoms with van der Waals surface area (Å²) < 4.78 is 4.58. The maximum atomic E-state index is 11.1. The number of halogens is 1. The van der Waals surface area contributed by atoms with E-state index in [0.717, 1.165) is 5.03 Å². The zero-order valence-electron chi connectivity index (χ0n) is 9.07. The number of esters is 1. The number of carbonyl (C=O) groups is 1. The summed E-state index contributed by atoms with van der Waals surface area (Å²) in [5.74, 6) is 0.324. The summed E-state index contributed by atoms with van der Waals surface area (Å²) in [5, 5.41) is 1.38. The highest BCUT2D eigenvalue weighted by Gasteiger charge is 2.03. The van der Waals surface area contributed by atoms with Gasteiger partial charge in [0.1, 0.15) is 5.03 Å². The summed E-state index contributed by atoms with van der Waals surface area (Å²) in [5.41, 5.74) is 0.585. The van der Waals surface area contributed by atoms with Crippen LogP contribution in [-0.2, 0) is 9.53 Å². The van der Waals surface area contributed by atoms with E-state index in [2.05, 4.69) is 9.72 Å². The smallest absolute Gasteiger partial charge is 0.333 e. The van der Waals surface area contributed by atoms with Gasteiger partial charge in [-0.2, -0.15) is 0 Å². The fourth-order valence-electron chi connectivity index (χ4n) is 0.967. The van der Waals surface area contributed by atoms with Crippen LogP contribution in [0, 0.1) is 0 Å². The monoisotopic (exact) mass is 257 g/mol. The number of pyridine rings is 1. The molecule has 5 heteroatoms. The third kappa shape index (κ3) is 3.87. The van der Waals surface area contributed by atoms with Crippen LogP contribution in [0.5, 0.6) is 0 Å². The Labute approximate surface area is 104 Å². The molecule has 0 fully saturated rings. The Bertz CT molecular complexity index is 407. The molecular weight excluding hydrogens is 246 g/mol. The van der Waals surface area contributed by atoms with Crippen LogP contribution in [0.1, 0.15) is 6.92 Å². The summed E-state index contributed by atoms with van der Waals surface area (Å²) in [7, 11) is 1.36. The lowest BCUT2D eigenvalue weighted by atomic mass is 10.3. The normalized spacial score (nSPS) is 11.3. The highest BCUT2D eigenvalue weighted by molar-refractivity contribution is 7.99. The molecule has 0 aliphatic heterocycles. The van der Waals surface area contributed by atoms with Crippen molar-refractivity contribution < 1.29 is 9.53 Å². The van der Waals surface area contributed by atoms with Crippen molar-refractivity contribution >= 4 is 29.3 Å². The molecular formula is C11H12ClNO2S. The Hall–Kier alpha value is -1.00. The van der Waals surface area contributed by atoms with E-state index in [9.17, 15) is 4.79 Å². The summed E-state index contributed by atoms with van der Waals surface area (Å²) in [4.78, 5) is 15.2. The molecule has 1 rings (SSSR count). The first-order valence-corrected chi connectivity index (χ1v) is 6.00. The van der Waals surface area contributed by atoms with Gasteiger partial charge in [0.05, 0.1) is 12.1 Å². The minimum absolute atomic E-state index is 0.312. The second kappa shape index (κ2) is 6.55. The van der Waals surface area contributed by atoms with E-state index < -0.39 is 0 Å². The van der Waals surface area contributed by atoms with Gasteiger partial charge in [0.25, 0.3) is 0 Å². The van der Waals surface area contributed by atoms with Crippen LogP contribution >= 0.6 is 23.4 Å². The van der Waals surface area contributed by atoms with Crippen LogP contribution in [0.15, 0.2) is 35.0 Å². The molecule has 0 atom stereocenters. The van der Waals surface area contributed by atoms with Gasteiger partial charge in [-0.25, -0.2) is 9.78 Å². The van der Waals surface area contributed by atoms with Gasteiger partial charge in [-0.3, -0.25) is 0 Å². The van der Waals surface area contributed by atoms with Crippen molar-refractivity contribution in [1.29, 1.82) is 0 Å². The quantitative estimate of drug-likeness (QED) is 0.472. The van der Waals surface area contributed by atoms with Crippen LogP contribution in [0.25, 0.3) is 0 Å². The van der Waals surface area contributed by atoms with E-state index >= 15 is 0 Å². The second-order valence-electron chi connectivity index (χ2n) is 2.98. The molecule has 1 aromatic rings. The van der Waals surface area contributed by atoms with E-state index in [4.69, 9.17) is 11.6 Å². The third-order valence-corrected chi connectivity index (χ3v) is 3.19. The zero-order chi connectivity index (χ0) is 12.0. The molecule has 0 bridgehead atoms. The van der Waals surface area contributed by atoms with Gasteiger partial charge < -0.3 is 4.74 Å². The van der Waals surface area contributed by atoms with Crippen LogP contribution in [-0.4, -0.2) is 23.8 Å². The van der Waals surface area contributed by atoms with Gasteiger partial charge in [0, 0.05) is 17.5 Å². The van der Waals surface area contributed by atoms with Gasteiger partial charge in [-0.15, -0.1) is 11.8 Å². The summed E-state index contributed by atoms with van der Waals surface area (Å²) >= 11 is 7.41. The largest absolute Gasteiger partial charge is 0.466 e. The molecule has 86 valence electrons. The first kappa shape index (κ1) is 13.1. The summed E-state index contributed by atoms with van der Waals surface area (Å²) in [6.07, 6.45) is 3.48. The van der Waals surface area contributed by atoms with Crippen LogP contribution in [0.2, 0.25) is 5.02 Å². The van der Waals surface area contributed by atoms with Crippen LogP contribution in [0.3, 0.4) is 0 Å². The standard InChI is InChI=1S/C11H12ClNO2S/c1-8(11(14)15-2)5-7-16-10-9(12)4-3-6-13-10/h3-6H,7H2,1-2H3. The van der Waals surface area contributed by atoms with Crippen LogP contribution < -0.4 is 0 Å². The Kier molecular flexibility index (Phi) is 5.35. The molecule has 1 heterocycles. The van der Waals surface area contributed by atoms with Crippen molar-refractivity contribution in [2.24, 2.45) is 0 Å². The molecule has 0 radical (unpaired) electrons. The van der Waals surface area contributed by atoms with Crippen molar-refractivity contribution in [1.82, 2.24) is 4.98 Å². The average Bonchev–Trinajstić information content (AvgIpc) is 2.30. The van der Waals surface area contributed by atoms with Crippen molar-refractivity contribution in [3.8, 4) is 0 Å². The molecule has 0 aliphatic carbocycles. The molecule has 0 aliphatic rings. The Balaban J connectivity index is 2.53. The fourth-order valence-corrected chi connectivity index (χ4v) is 2.09. The van der Waals surface area contributed by atoms with Gasteiger partial charge in [0.2, 0.25) is 0 Å². The maximum absolute atomic E-state index is 11.1. The number of hydrogen-bond donors (Lipinski definition) is 0. The number of nitrogens with zero attached hydrogens (tertiary/aromatic N) is 1. The van der Waals surface area contributed by atoms with Gasteiger partial charge in [-0.1, -0.05) is 17.7 Å². The molecule has 16 heavy (non-hydrogen) atoms. The lowest BCUT2D eigenvalue weighted by Crippen LogP contribution is -2.01. The fraction of sp³-hybridized carbons (Fsp3) is 0.273. The highest BCUT2D eigenvalue weighted by atomic mass is 35.5. The molecule has 0 amide bonds. The lowest BCUT2D eigenvalue weighted by molar-refractivity contribution is -0.136. The molecule has 0 saturated heterocycles. The van der Waals surface area contributed by atoms with E-state index in [1.54, 1.807) is 31.3 Å². The summed E-state index contributed by atoms with van der Waals surface area (Å²) in [6, 6.07) is 3.57. The summed E-state index contributed by atoms with van der Waals surface area (Å²) in [6.45, 7) is 1.71. The molecule has 1 aromatic heterocycles. The molecule has 0 unspecified atom stereocenters. The molecule has 3 nitrogen and oxygen atoms in total. The Morgan fingerprint density at radius 2 is 2.44 bits per heavy atom. The first-order valence-electron chi connectivity index (χ1n) is 4.63. The SMILES string of the molecule is COC(=O)C(C)=CCSc1ncccc1Cl. The average molecular weight is 258 g/mol. The first-order chi connectivity index (χ1) is 7.65. The lowest BCUT2D eigenvalue weighted by Gasteiger charge is -2.01. The minimum Gasteiger partial charge on any atom is -0.466 e. The zero-order valence-corrected chi connectivity index (χ0v) is 10.6. The second-order valence-corrected chi connectivity index (χ2v) is 4.40. The van der Waals surface area contributed by atoms with Crippen LogP contribution in [0.4, 0.5) is 0 Å². The number of aromatic nitrogens is 1. The molecule has 0 aromatic carbocycles. The van der Waals surface area contributed by atoms with Crippen molar-refractivity contribution in [3.05, 3.63) is 35.0 Å². The number of thioether (sulfide) groups is 1. The van der Waals surface area contributed by atoms with E-state index in [1.165, 1.54) is 18.9 Å². The van der Waals surface area contributed by atoms with E-state index in [-0.39, 0.29) is 5.97 Å². The Morgan fingerprint density at radius 1 is 1.69 bits per heavy atom. The van der Waals surface area contributed by atoms with Crippen molar-refractivity contribution in [2.45, 2.75) is 11.9 Å². The number of rotatable bonds is 4. The topological polar surface area (TPSA) is 39.2 Å². The third-order valence-electron chi connectivity index (χ3n) is 1.84. The van der Waals surface area contributed by atoms with E-state index in [1.807, 2.05) is 0 Å². The molecule has 0 spiro atoms. The molecule has 0 N–H and O–H groups in total. The van der Waals surface area contributed by atoms with E-state index in [0.29, 0.717) is 16.3 Å².